The SMILES string of the molecule is CC(C)=CC(CC(C)(C)c1ccc(F)cc1)N1CCC2(CCOCC2)CC1. The van der Waals surface area contributed by atoms with Crippen LogP contribution in [0.2, 0.25) is 0 Å². The Kier molecular flexibility index (Phi) is 6.43. The number of hydrogen-bond donors (Lipinski definition) is 0. The van der Waals surface area contributed by atoms with Crippen LogP contribution in [-0.4, -0.2) is 37.2 Å². The van der Waals surface area contributed by atoms with Gasteiger partial charge in [0, 0.05) is 19.3 Å². The van der Waals surface area contributed by atoms with Gasteiger partial charge in [-0.15, -0.1) is 0 Å². The molecule has 0 radical (unpaired) electrons. The number of rotatable bonds is 5. The largest absolute Gasteiger partial charge is 0.381 e. The highest BCUT2D eigenvalue weighted by Crippen LogP contribution is 2.42. The lowest BCUT2D eigenvalue weighted by molar-refractivity contribution is -0.0259. The van der Waals surface area contributed by atoms with Crippen molar-refractivity contribution in [3.8, 4) is 0 Å². The summed E-state index contributed by atoms with van der Waals surface area (Å²) in [4.78, 5) is 2.68. The summed E-state index contributed by atoms with van der Waals surface area (Å²) in [5.74, 6) is -0.159. The van der Waals surface area contributed by atoms with Gasteiger partial charge >= 0.3 is 0 Å². The first-order valence-electron chi connectivity index (χ1n) is 10.5. The molecule has 2 heterocycles. The molecule has 3 heteroatoms. The van der Waals surface area contributed by atoms with Gasteiger partial charge in [0.05, 0.1) is 0 Å². The number of likely N-dealkylation sites (tertiary alicyclic amines) is 1. The standard InChI is InChI=1S/C24H36FNO/c1-19(2)17-22(18-23(3,4)20-5-7-21(25)8-6-20)26-13-9-24(10-14-26)11-15-27-16-12-24/h5-8,17,22H,9-16,18H2,1-4H3. The average molecular weight is 374 g/mol. The van der Waals surface area contributed by atoms with Gasteiger partial charge in [-0.2, -0.15) is 0 Å². The molecule has 2 fully saturated rings. The molecule has 1 unspecified atom stereocenters. The van der Waals surface area contributed by atoms with Gasteiger partial charge in [0.15, 0.2) is 0 Å². The summed E-state index contributed by atoms with van der Waals surface area (Å²) in [5.41, 5.74) is 3.13. The van der Waals surface area contributed by atoms with Crippen LogP contribution in [-0.2, 0) is 10.2 Å². The van der Waals surface area contributed by atoms with E-state index in [2.05, 4.69) is 38.7 Å². The van der Waals surface area contributed by atoms with Gasteiger partial charge in [-0.25, -0.2) is 4.39 Å². The quantitative estimate of drug-likeness (QED) is 0.612. The van der Waals surface area contributed by atoms with E-state index in [0.717, 1.165) is 19.6 Å². The molecule has 1 atom stereocenters. The summed E-state index contributed by atoms with van der Waals surface area (Å²) in [6.07, 6.45) is 8.54. The lowest BCUT2D eigenvalue weighted by Gasteiger charge is -2.47. The predicted octanol–water partition coefficient (Wildman–Crippen LogP) is 5.72. The summed E-state index contributed by atoms with van der Waals surface area (Å²) >= 11 is 0. The zero-order valence-corrected chi connectivity index (χ0v) is 17.6. The molecule has 0 aromatic heterocycles. The Balaban J connectivity index is 1.71. The highest BCUT2D eigenvalue weighted by atomic mass is 19.1. The Morgan fingerprint density at radius 3 is 2.26 bits per heavy atom. The number of allylic oxidation sites excluding steroid dienone is 1. The van der Waals surface area contributed by atoms with E-state index >= 15 is 0 Å². The zero-order valence-electron chi connectivity index (χ0n) is 17.6. The van der Waals surface area contributed by atoms with Gasteiger partial charge in [0.1, 0.15) is 5.82 Å². The van der Waals surface area contributed by atoms with E-state index in [9.17, 15) is 4.39 Å². The van der Waals surface area contributed by atoms with Crippen molar-refractivity contribution in [2.75, 3.05) is 26.3 Å². The van der Waals surface area contributed by atoms with E-state index in [4.69, 9.17) is 4.74 Å². The van der Waals surface area contributed by atoms with E-state index in [0.29, 0.717) is 11.5 Å². The lowest BCUT2D eigenvalue weighted by atomic mass is 9.71. The minimum absolute atomic E-state index is 0.0120. The minimum atomic E-state index is -0.159. The number of nitrogens with zero attached hydrogens (tertiary/aromatic N) is 1. The monoisotopic (exact) mass is 373 g/mol. The number of hydrogen-bond acceptors (Lipinski definition) is 2. The molecule has 27 heavy (non-hydrogen) atoms. The molecule has 0 bridgehead atoms. The highest BCUT2D eigenvalue weighted by molar-refractivity contribution is 5.25. The van der Waals surface area contributed by atoms with Gasteiger partial charge in [0.25, 0.3) is 0 Å². The van der Waals surface area contributed by atoms with Crippen LogP contribution in [0.5, 0.6) is 0 Å². The zero-order chi connectivity index (χ0) is 19.5. The normalized spacial score (nSPS) is 21.8. The van der Waals surface area contributed by atoms with Crippen LogP contribution in [0.15, 0.2) is 35.9 Å². The van der Waals surface area contributed by atoms with Crippen LogP contribution in [0.4, 0.5) is 4.39 Å². The second kappa shape index (κ2) is 8.45. The van der Waals surface area contributed by atoms with Crippen molar-refractivity contribution >= 4 is 0 Å². The first-order chi connectivity index (χ1) is 12.8. The second-order valence-electron chi connectivity index (χ2n) is 9.55. The first kappa shape index (κ1) is 20.5. The molecule has 1 spiro atoms. The Hall–Kier alpha value is -1.19. The van der Waals surface area contributed by atoms with Crippen LogP contribution < -0.4 is 0 Å². The summed E-state index contributed by atoms with van der Waals surface area (Å²) in [6, 6.07) is 7.50. The third-order valence-electron chi connectivity index (χ3n) is 6.75. The maximum Gasteiger partial charge on any atom is 0.123 e. The maximum absolute atomic E-state index is 13.3. The van der Waals surface area contributed by atoms with Crippen molar-refractivity contribution in [1.82, 2.24) is 4.90 Å². The molecule has 0 saturated carbocycles. The molecule has 1 aromatic rings. The first-order valence-corrected chi connectivity index (χ1v) is 10.5. The fourth-order valence-electron chi connectivity index (χ4n) is 4.85. The number of halogens is 1. The van der Waals surface area contributed by atoms with E-state index in [1.54, 1.807) is 12.1 Å². The fourth-order valence-corrected chi connectivity index (χ4v) is 4.85. The molecule has 0 N–H and O–H groups in total. The van der Waals surface area contributed by atoms with E-state index in [1.807, 2.05) is 12.1 Å². The lowest BCUT2D eigenvalue weighted by Crippen LogP contribution is -2.47. The smallest absolute Gasteiger partial charge is 0.123 e. The Morgan fingerprint density at radius 1 is 1.11 bits per heavy atom. The molecule has 2 aliphatic heterocycles. The minimum Gasteiger partial charge on any atom is -0.381 e. The van der Waals surface area contributed by atoms with Gasteiger partial charge in [-0.3, -0.25) is 4.90 Å². The van der Waals surface area contributed by atoms with Crippen LogP contribution in [0, 0.1) is 11.2 Å². The number of benzene rings is 1. The molecule has 2 nitrogen and oxygen atoms in total. The van der Waals surface area contributed by atoms with E-state index in [-0.39, 0.29) is 11.2 Å². The Morgan fingerprint density at radius 2 is 1.70 bits per heavy atom. The van der Waals surface area contributed by atoms with Crippen molar-refractivity contribution in [2.24, 2.45) is 5.41 Å². The molecular weight excluding hydrogens is 337 g/mol. The van der Waals surface area contributed by atoms with Crippen molar-refractivity contribution in [3.63, 3.8) is 0 Å². The average Bonchev–Trinajstić information content (AvgIpc) is 2.62. The van der Waals surface area contributed by atoms with Crippen molar-refractivity contribution in [3.05, 3.63) is 47.3 Å². The van der Waals surface area contributed by atoms with Gasteiger partial charge in [0.2, 0.25) is 0 Å². The summed E-state index contributed by atoms with van der Waals surface area (Å²) in [6.45, 7) is 13.2. The molecule has 2 aliphatic rings. The molecule has 1 aromatic carbocycles. The summed E-state index contributed by atoms with van der Waals surface area (Å²) < 4.78 is 18.9. The van der Waals surface area contributed by atoms with Gasteiger partial charge in [-0.1, -0.05) is 37.6 Å². The molecule has 150 valence electrons. The Labute approximate surface area is 164 Å². The third-order valence-corrected chi connectivity index (χ3v) is 6.75. The van der Waals surface area contributed by atoms with E-state index in [1.165, 1.54) is 49.9 Å². The summed E-state index contributed by atoms with van der Waals surface area (Å²) in [7, 11) is 0. The maximum atomic E-state index is 13.3. The van der Waals surface area contributed by atoms with Gasteiger partial charge < -0.3 is 4.74 Å². The van der Waals surface area contributed by atoms with Crippen LogP contribution in [0.3, 0.4) is 0 Å². The highest BCUT2D eigenvalue weighted by Gasteiger charge is 2.38. The summed E-state index contributed by atoms with van der Waals surface area (Å²) in [5, 5.41) is 0. The van der Waals surface area contributed by atoms with Crippen molar-refractivity contribution in [2.45, 2.75) is 71.3 Å². The molecule has 0 amide bonds. The number of piperidine rings is 1. The molecule has 3 rings (SSSR count). The molecular formula is C24H36FNO. The number of ether oxygens (including phenoxy) is 1. The third kappa shape index (κ3) is 5.20. The fraction of sp³-hybridized carbons (Fsp3) is 0.667. The molecule has 2 saturated heterocycles. The van der Waals surface area contributed by atoms with Crippen LogP contribution >= 0.6 is 0 Å². The Bertz CT molecular complexity index is 629. The van der Waals surface area contributed by atoms with E-state index < -0.39 is 0 Å². The van der Waals surface area contributed by atoms with Crippen molar-refractivity contribution < 1.29 is 9.13 Å². The predicted molar refractivity (Wildman–Crippen MR) is 111 cm³/mol. The van der Waals surface area contributed by atoms with Crippen LogP contribution in [0.1, 0.15) is 65.4 Å². The van der Waals surface area contributed by atoms with Crippen molar-refractivity contribution in [1.29, 1.82) is 0 Å². The van der Waals surface area contributed by atoms with Gasteiger partial charge in [-0.05, 0) is 87.6 Å². The topological polar surface area (TPSA) is 12.5 Å². The van der Waals surface area contributed by atoms with Crippen LogP contribution in [0.25, 0.3) is 0 Å². The molecule has 0 aliphatic carbocycles. The second-order valence-corrected chi connectivity index (χ2v) is 9.55.